The maximum atomic E-state index is 12.9. The molecular weight excluding hydrogens is 294 g/mol. The smallest absolute Gasteiger partial charge is 0.270 e. The summed E-state index contributed by atoms with van der Waals surface area (Å²) in [6, 6.07) is 0.152. The van der Waals surface area contributed by atoms with E-state index >= 15 is 0 Å². The molecule has 3 rings (SSSR count). The summed E-state index contributed by atoms with van der Waals surface area (Å²) in [6.45, 7) is 6.51. The zero-order chi connectivity index (χ0) is 16.6. The molecular formula is C16H21N5O2. The van der Waals surface area contributed by atoms with Crippen LogP contribution in [0.3, 0.4) is 0 Å². The second-order valence-electron chi connectivity index (χ2n) is 6.10. The third-order valence-corrected chi connectivity index (χ3v) is 4.50. The Morgan fingerprint density at radius 1 is 1.35 bits per heavy atom. The highest BCUT2D eigenvalue weighted by Gasteiger charge is 2.29. The van der Waals surface area contributed by atoms with Gasteiger partial charge in [0.25, 0.3) is 5.91 Å². The van der Waals surface area contributed by atoms with Crippen molar-refractivity contribution in [1.82, 2.24) is 24.6 Å². The Hall–Kier alpha value is -2.44. The van der Waals surface area contributed by atoms with Gasteiger partial charge in [0.1, 0.15) is 18.3 Å². The van der Waals surface area contributed by atoms with Crippen LogP contribution in [-0.4, -0.2) is 49.4 Å². The molecule has 0 aliphatic carbocycles. The molecule has 1 N–H and O–H groups in total. The second-order valence-corrected chi connectivity index (χ2v) is 6.10. The van der Waals surface area contributed by atoms with Crippen molar-refractivity contribution in [2.75, 3.05) is 13.1 Å². The predicted octanol–water partition coefficient (Wildman–Crippen LogP) is 1.90. The van der Waals surface area contributed by atoms with Crippen LogP contribution >= 0.6 is 0 Å². The van der Waals surface area contributed by atoms with Crippen LogP contribution in [0, 0.1) is 13.8 Å². The number of aromatic nitrogens is 4. The first-order chi connectivity index (χ1) is 11.0. The maximum absolute atomic E-state index is 12.9. The van der Waals surface area contributed by atoms with Crippen LogP contribution in [0.15, 0.2) is 12.7 Å². The first-order valence-corrected chi connectivity index (χ1v) is 7.82. The molecule has 0 saturated carbocycles. The zero-order valence-corrected chi connectivity index (χ0v) is 13.7. The van der Waals surface area contributed by atoms with Crippen LogP contribution < -0.4 is 0 Å². The Morgan fingerprint density at radius 3 is 2.74 bits per heavy atom. The first kappa shape index (κ1) is 15.5. The topological polar surface area (TPSA) is 83.9 Å². The fourth-order valence-corrected chi connectivity index (χ4v) is 3.41. The predicted molar refractivity (Wildman–Crippen MR) is 84.5 cm³/mol. The van der Waals surface area contributed by atoms with E-state index in [2.05, 4.69) is 15.1 Å². The van der Waals surface area contributed by atoms with Crippen molar-refractivity contribution < 1.29 is 9.59 Å². The van der Waals surface area contributed by atoms with Crippen LogP contribution in [0.2, 0.25) is 0 Å². The molecule has 0 spiro atoms. The van der Waals surface area contributed by atoms with E-state index in [-0.39, 0.29) is 17.7 Å². The van der Waals surface area contributed by atoms with Crippen molar-refractivity contribution in [2.45, 2.75) is 39.7 Å². The summed E-state index contributed by atoms with van der Waals surface area (Å²) < 4.78 is 1.81. The molecule has 1 atom stereocenters. The molecule has 0 bridgehead atoms. The number of aromatic amines is 1. The fourth-order valence-electron chi connectivity index (χ4n) is 3.41. The fraction of sp³-hybridized carbons (Fsp3) is 0.500. The Morgan fingerprint density at radius 2 is 2.13 bits per heavy atom. The van der Waals surface area contributed by atoms with Crippen molar-refractivity contribution >= 4 is 11.7 Å². The van der Waals surface area contributed by atoms with Gasteiger partial charge in [-0.25, -0.2) is 9.67 Å². The standard InChI is InChI=1S/C16H21N5O2/c1-10-14(12(3)22)11(2)19-15(10)16(23)20-6-4-5-13(7-20)21-9-17-8-18-21/h8-9,13,19H,4-7H2,1-3H3/t13-/m0/s1. The quantitative estimate of drug-likeness (QED) is 0.877. The number of piperidine rings is 1. The number of amides is 1. The van der Waals surface area contributed by atoms with Crippen LogP contribution in [-0.2, 0) is 0 Å². The summed E-state index contributed by atoms with van der Waals surface area (Å²) in [5, 5.41) is 4.18. The molecule has 0 aromatic carbocycles. The number of hydrogen-bond acceptors (Lipinski definition) is 4. The van der Waals surface area contributed by atoms with Crippen LogP contribution in [0.5, 0.6) is 0 Å². The number of H-pyrrole nitrogens is 1. The van der Waals surface area contributed by atoms with Crippen molar-refractivity contribution in [3.8, 4) is 0 Å². The summed E-state index contributed by atoms with van der Waals surface area (Å²) in [6.07, 6.45) is 5.11. The zero-order valence-electron chi connectivity index (χ0n) is 13.7. The molecule has 122 valence electrons. The molecule has 1 aliphatic heterocycles. The van der Waals surface area contributed by atoms with Crippen molar-refractivity contribution in [3.05, 3.63) is 35.2 Å². The Bertz CT molecular complexity index is 732. The van der Waals surface area contributed by atoms with Gasteiger partial charge in [0.15, 0.2) is 5.78 Å². The van der Waals surface area contributed by atoms with E-state index in [9.17, 15) is 9.59 Å². The highest BCUT2D eigenvalue weighted by Crippen LogP contribution is 2.24. The van der Waals surface area contributed by atoms with E-state index in [1.165, 1.54) is 13.3 Å². The average molecular weight is 315 g/mol. The highest BCUT2D eigenvalue weighted by molar-refractivity contribution is 6.02. The molecule has 1 fully saturated rings. The lowest BCUT2D eigenvalue weighted by atomic mass is 10.0. The summed E-state index contributed by atoms with van der Waals surface area (Å²) in [5.74, 6) is -0.0719. The van der Waals surface area contributed by atoms with Crippen molar-refractivity contribution in [3.63, 3.8) is 0 Å². The summed E-state index contributed by atoms with van der Waals surface area (Å²) in [7, 11) is 0. The Kier molecular flexibility index (Phi) is 4.02. The lowest BCUT2D eigenvalue weighted by Gasteiger charge is -2.32. The second kappa shape index (κ2) is 5.98. The lowest BCUT2D eigenvalue weighted by molar-refractivity contribution is 0.0666. The minimum Gasteiger partial charge on any atom is -0.354 e. The summed E-state index contributed by atoms with van der Waals surface area (Å²) in [4.78, 5) is 33.5. The molecule has 2 aromatic heterocycles. The van der Waals surface area contributed by atoms with Gasteiger partial charge in [0, 0.05) is 24.3 Å². The third-order valence-electron chi connectivity index (χ3n) is 4.50. The number of ketones is 1. The molecule has 23 heavy (non-hydrogen) atoms. The minimum atomic E-state index is -0.0529. The van der Waals surface area contributed by atoms with Gasteiger partial charge >= 0.3 is 0 Å². The molecule has 7 heteroatoms. The van der Waals surface area contributed by atoms with Gasteiger partial charge in [0.2, 0.25) is 0 Å². The van der Waals surface area contributed by atoms with Gasteiger partial charge in [-0.1, -0.05) is 0 Å². The lowest BCUT2D eigenvalue weighted by Crippen LogP contribution is -2.41. The summed E-state index contributed by atoms with van der Waals surface area (Å²) >= 11 is 0. The Balaban J connectivity index is 1.83. The van der Waals surface area contributed by atoms with E-state index in [4.69, 9.17) is 0 Å². The average Bonchev–Trinajstić information content (AvgIpc) is 3.15. The van der Waals surface area contributed by atoms with Crippen LogP contribution in [0.25, 0.3) is 0 Å². The monoisotopic (exact) mass is 315 g/mol. The minimum absolute atomic E-state index is 0.0190. The number of aryl methyl sites for hydroxylation is 1. The first-order valence-electron chi connectivity index (χ1n) is 7.82. The molecule has 7 nitrogen and oxygen atoms in total. The maximum Gasteiger partial charge on any atom is 0.270 e. The normalized spacial score (nSPS) is 18.2. The van der Waals surface area contributed by atoms with E-state index in [0.717, 1.165) is 30.6 Å². The number of carbonyl (C=O) groups is 2. The van der Waals surface area contributed by atoms with Crippen LogP contribution in [0.1, 0.15) is 57.9 Å². The third kappa shape index (κ3) is 2.78. The number of rotatable bonds is 3. The Labute approximate surface area is 134 Å². The molecule has 0 radical (unpaired) electrons. The van der Waals surface area contributed by atoms with Gasteiger partial charge < -0.3 is 9.88 Å². The highest BCUT2D eigenvalue weighted by atomic mass is 16.2. The van der Waals surface area contributed by atoms with Gasteiger partial charge in [0.05, 0.1) is 6.04 Å². The van der Waals surface area contributed by atoms with Crippen molar-refractivity contribution in [1.29, 1.82) is 0 Å². The molecule has 1 amide bonds. The van der Waals surface area contributed by atoms with Crippen LogP contribution in [0.4, 0.5) is 0 Å². The van der Waals surface area contributed by atoms with Gasteiger partial charge in [-0.3, -0.25) is 9.59 Å². The number of hydrogen-bond donors (Lipinski definition) is 1. The van der Waals surface area contributed by atoms with E-state index in [1.807, 2.05) is 23.4 Å². The van der Waals surface area contributed by atoms with Gasteiger partial charge in [-0.2, -0.15) is 5.10 Å². The molecule has 2 aromatic rings. The molecule has 1 aliphatic rings. The summed E-state index contributed by atoms with van der Waals surface area (Å²) in [5.41, 5.74) is 2.64. The molecule has 3 heterocycles. The van der Waals surface area contributed by atoms with Crippen molar-refractivity contribution in [2.24, 2.45) is 0 Å². The van der Waals surface area contributed by atoms with Gasteiger partial charge in [-0.15, -0.1) is 0 Å². The van der Waals surface area contributed by atoms with E-state index < -0.39 is 0 Å². The number of carbonyl (C=O) groups excluding carboxylic acids is 2. The number of likely N-dealkylation sites (tertiary alicyclic amines) is 1. The largest absolute Gasteiger partial charge is 0.354 e. The molecule has 0 unspecified atom stereocenters. The van der Waals surface area contributed by atoms with E-state index in [1.54, 1.807) is 6.33 Å². The SMILES string of the molecule is CC(=O)c1c(C)[nH]c(C(=O)N2CCC[C@H](n3cncn3)C2)c1C. The number of Topliss-reactive ketones (excluding diaryl/α,β-unsaturated/α-hetero) is 1. The van der Waals surface area contributed by atoms with Gasteiger partial charge in [-0.05, 0) is 39.2 Å². The number of nitrogens with zero attached hydrogens (tertiary/aromatic N) is 4. The van der Waals surface area contributed by atoms with E-state index in [0.29, 0.717) is 17.8 Å². The molecule has 1 saturated heterocycles. The number of nitrogens with one attached hydrogen (secondary N) is 1.